The van der Waals surface area contributed by atoms with Crippen LogP contribution >= 0.6 is 0 Å². The summed E-state index contributed by atoms with van der Waals surface area (Å²) in [6.45, 7) is 3.52. The number of aliphatic hydroxyl groups is 1. The number of aliphatic hydroxyl groups excluding tert-OH is 1. The summed E-state index contributed by atoms with van der Waals surface area (Å²) in [7, 11) is 0. The molecule has 1 atom stereocenters. The van der Waals surface area contributed by atoms with Gasteiger partial charge in [-0.2, -0.15) is 0 Å². The van der Waals surface area contributed by atoms with Gasteiger partial charge in [-0.3, -0.25) is 9.59 Å². The zero-order chi connectivity index (χ0) is 20.2. The second-order valence-electron chi connectivity index (χ2n) is 7.32. The Morgan fingerprint density at radius 3 is 1.67 bits per heavy atom. The summed E-state index contributed by atoms with van der Waals surface area (Å²) in [6, 6.07) is 0. The topological polar surface area (TPSA) is 72.8 Å². The Labute approximate surface area is 166 Å². The van der Waals surface area contributed by atoms with Crippen LogP contribution in [0, 0.1) is 0 Å². The van der Waals surface area contributed by atoms with Crippen molar-refractivity contribution in [3.63, 3.8) is 0 Å². The van der Waals surface area contributed by atoms with Crippen LogP contribution in [-0.4, -0.2) is 36.4 Å². The van der Waals surface area contributed by atoms with Gasteiger partial charge in [0.25, 0.3) is 0 Å². The van der Waals surface area contributed by atoms with Crippen LogP contribution in [-0.2, 0) is 19.1 Å². The van der Waals surface area contributed by atoms with Crippen molar-refractivity contribution in [1.29, 1.82) is 0 Å². The number of ether oxygens (including phenoxy) is 2. The number of unbranched alkanes of at least 4 members (excludes halogenated alkanes) is 12. The van der Waals surface area contributed by atoms with E-state index in [0.717, 1.165) is 19.3 Å². The van der Waals surface area contributed by atoms with Crippen molar-refractivity contribution >= 4 is 11.9 Å². The van der Waals surface area contributed by atoms with Crippen LogP contribution in [0.5, 0.6) is 0 Å². The maximum atomic E-state index is 11.7. The van der Waals surface area contributed by atoms with Crippen LogP contribution in [0.2, 0.25) is 0 Å². The molecule has 0 aliphatic carbocycles. The molecule has 0 fully saturated rings. The van der Waals surface area contributed by atoms with Crippen molar-refractivity contribution in [2.75, 3.05) is 13.2 Å². The highest BCUT2D eigenvalue weighted by atomic mass is 16.6. The molecule has 0 saturated heterocycles. The normalized spacial score (nSPS) is 12.0. The van der Waals surface area contributed by atoms with Crippen molar-refractivity contribution in [3.8, 4) is 0 Å². The smallest absolute Gasteiger partial charge is 0.305 e. The van der Waals surface area contributed by atoms with E-state index in [1.54, 1.807) is 6.92 Å². The van der Waals surface area contributed by atoms with Crippen molar-refractivity contribution < 1.29 is 24.2 Å². The van der Waals surface area contributed by atoms with Crippen LogP contribution in [0.3, 0.4) is 0 Å². The van der Waals surface area contributed by atoms with Crippen molar-refractivity contribution in [2.24, 2.45) is 0 Å². The average molecular weight is 387 g/mol. The van der Waals surface area contributed by atoms with Crippen LogP contribution in [0.15, 0.2) is 0 Å². The van der Waals surface area contributed by atoms with Gasteiger partial charge in [0.05, 0.1) is 6.61 Å². The molecule has 5 heteroatoms. The third-order valence-corrected chi connectivity index (χ3v) is 4.71. The zero-order valence-electron chi connectivity index (χ0n) is 17.7. The fourth-order valence-electron chi connectivity index (χ4n) is 2.94. The highest BCUT2D eigenvalue weighted by molar-refractivity contribution is 5.70. The second kappa shape index (κ2) is 19.7. The first kappa shape index (κ1) is 25.9. The molecule has 27 heavy (non-hydrogen) atoms. The predicted octanol–water partition coefficient (Wildman–Crippen LogP) is 5.33. The molecule has 0 aliphatic rings. The number of hydrogen-bond acceptors (Lipinski definition) is 5. The lowest BCUT2D eigenvalue weighted by atomic mass is 10.0. The predicted molar refractivity (Wildman–Crippen MR) is 109 cm³/mol. The summed E-state index contributed by atoms with van der Waals surface area (Å²) in [4.78, 5) is 22.8. The van der Waals surface area contributed by atoms with Crippen LogP contribution < -0.4 is 0 Å². The minimum absolute atomic E-state index is 0.0699. The van der Waals surface area contributed by atoms with E-state index in [0.29, 0.717) is 6.42 Å². The monoisotopic (exact) mass is 386 g/mol. The van der Waals surface area contributed by atoms with Crippen molar-refractivity contribution in [2.45, 2.75) is 116 Å². The molecule has 0 unspecified atom stereocenters. The fourth-order valence-corrected chi connectivity index (χ4v) is 2.94. The number of hydrogen-bond donors (Lipinski definition) is 1. The molecule has 0 radical (unpaired) electrons. The van der Waals surface area contributed by atoms with E-state index in [1.807, 2.05) is 0 Å². The molecule has 0 aromatic rings. The fraction of sp³-hybridized carbons (Fsp3) is 0.909. The zero-order valence-corrected chi connectivity index (χ0v) is 17.7. The van der Waals surface area contributed by atoms with Gasteiger partial charge >= 0.3 is 11.9 Å². The molecule has 0 heterocycles. The molecule has 0 aromatic carbocycles. The van der Waals surface area contributed by atoms with Gasteiger partial charge in [0.1, 0.15) is 6.61 Å². The van der Waals surface area contributed by atoms with Crippen molar-refractivity contribution in [1.82, 2.24) is 0 Å². The Kier molecular flexibility index (Phi) is 18.9. The maximum Gasteiger partial charge on any atom is 0.305 e. The standard InChI is InChI=1S/C22H42O5/c1-3-5-6-7-8-9-10-11-12-13-14-15-16-17-22(25)26-19-20(18-23)27-21(24)4-2/h20,23H,3-19H2,1-2H3/t20-/m0/s1. The Morgan fingerprint density at radius 2 is 1.22 bits per heavy atom. The Bertz CT molecular complexity index is 357. The molecule has 0 rings (SSSR count). The molecule has 0 spiro atoms. The summed E-state index contributed by atoms with van der Waals surface area (Å²) in [5, 5.41) is 9.11. The largest absolute Gasteiger partial charge is 0.462 e. The van der Waals surface area contributed by atoms with Gasteiger partial charge in [-0.15, -0.1) is 0 Å². The third kappa shape index (κ3) is 18.0. The van der Waals surface area contributed by atoms with E-state index in [-0.39, 0.29) is 25.6 Å². The van der Waals surface area contributed by atoms with Crippen LogP contribution in [0.1, 0.15) is 110 Å². The molecular weight excluding hydrogens is 344 g/mol. The third-order valence-electron chi connectivity index (χ3n) is 4.71. The van der Waals surface area contributed by atoms with Crippen LogP contribution in [0.25, 0.3) is 0 Å². The molecule has 0 bridgehead atoms. The van der Waals surface area contributed by atoms with E-state index in [1.165, 1.54) is 64.2 Å². The highest BCUT2D eigenvalue weighted by Gasteiger charge is 2.14. The first-order valence-electron chi connectivity index (χ1n) is 11.1. The molecular formula is C22H42O5. The Balaban J connectivity index is 3.39. The average Bonchev–Trinajstić information content (AvgIpc) is 2.68. The number of carbonyl (C=O) groups is 2. The lowest BCUT2D eigenvalue weighted by Crippen LogP contribution is -2.28. The molecule has 1 N–H and O–H groups in total. The molecule has 0 aliphatic heterocycles. The molecule has 5 nitrogen and oxygen atoms in total. The molecule has 0 aromatic heterocycles. The first-order valence-corrected chi connectivity index (χ1v) is 11.1. The lowest BCUT2D eigenvalue weighted by molar-refractivity contribution is -0.161. The van der Waals surface area contributed by atoms with Gasteiger partial charge in [0.2, 0.25) is 0 Å². The summed E-state index contributed by atoms with van der Waals surface area (Å²) in [5.41, 5.74) is 0. The van der Waals surface area contributed by atoms with Gasteiger partial charge in [-0.1, -0.05) is 90.9 Å². The molecule has 0 amide bonds. The number of esters is 2. The summed E-state index contributed by atoms with van der Waals surface area (Å²) < 4.78 is 10.0. The summed E-state index contributed by atoms with van der Waals surface area (Å²) >= 11 is 0. The Morgan fingerprint density at radius 1 is 0.741 bits per heavy atom. The van der Waals surface area contributed by atoms with E-state index in [9.17, 15) is 9.59 Å². The van der Waals surface area contributed by atoms with Gasteiger partial charge in [0.15, 0.2) is 6.10 Å². The second-order valence-corrected chi connectivity index (χ2v) is 7.32. The minimum Gasteiger partial charge on any atom is -0.462 e. The SMILES string of the molecule is CCCCCCCCCCCCCCCC(=O)OC[C@H](CO)OC(=O)CC. The summed E-state index contributed by atoms with van der Waals surface area (Å²) in [6.07, 6.45) is 16.4. The number of rotatable bonds is 19. The van der Waals surface area contributed by atoms with E-state index in [2.05, 4.69) is 6.92 Å². The first-order chi connectivity index (χ1) is 13.1. The van der Waals surface area contributed by atoms with Gasteiger partial charge in [-0.05, 0) is 6.42 Å². The van der Waals surface area contributed by atoms with E-state index < -0.39 is 12.1 Å². The molecule has 0 saturated carbocycles. The lowest BCUT2D eigenvalue weighted by Gasteiger charge is -2.15. The van der Waals surface area contributed by atoms with Crippen LogP contribution in [0.4, 0.5) is 0 Å². The quantitative estimate of drug-likeness (QED) is 0.240. The maximum absolute atomic E-state index is 11.7. The van der Waals surface area contributed by atoms with E-state index in [4.69, 9.17) is 14.6 Å². The molecule has 160 valence electrons. The van der Waals surface area contributed by atoms with Crippen molar-refractivity contribution in [3.05, 3.63) is 0 Å². The van der Waals surface area contributed by atoms with E-state index >= 15 is 0 Å². The Hall–Kier alpha value is -1.10. The van der Waals surface area contributed by atoms with Gasteiger partial charge in [-0.25, -0.2) is 0 Å². The summed E-state index contributed by atoms with van der Waals surface area (Å²) in [5.74, 6) is -0.689. The van der Waals surface area contributed by atoms with Gasteiger partial charge < -0.3 is 14.6 Å². The minimum atomic E-state index is -0.756. The van der Waals surface area contributed by atoms with Gasteiger partial charge in [0, 0.05) is 12.8 Å². The highest BCUT2D eigenvalue weighted by Crippen LogP contribution is 2.13. The number of carbonyl (C=O) groups excluding carboxylic acids is 2.